The topological polar surface area (TPSA) is 3.24 Å². The lowest BCUT2D eigenvalue weighted by atomic mass is 9.73. The molecule has 0 N–H and O–H groups in total. The van der Waals surface area contributed by atoms with E-state index in [0.29, 0.717) is 0 Å². The zero-order valence-corrected chi connectivity index (χ0v) is 15.1. The molecule has 116 valence electrons. The third kappa shape index (κ3) is 2.47. The zero-order chi connectivity index (χ0) is 16.6. The molecular weight excluding hydrogens is 346 g/mol. The van der Waals surface area contributed by atoms with E-state index in [1.54, 1.807) is 0 Å². The molecule has 1 heterocycles. The van der Waals surface area contributed by atoms with Crippen molar-refractivity contribution in [3.63, 3.8) is 0 Å². The molecule has 0 bridgehead atoms. The smallest absolute Gasteiger partial charge is 0.0502 e. The number of nitrogens with zero attached hydrogens (tertiary/aromatic N) is 1. The summed E-state index contributed by atoms with van der Waals surface area (Å²) in [6.07, 6.45) is 3.88. The predicted molar refractivity (Wildman–Crippen MR) is 103 cm³/mol. The second-order valence-electron chi connectivity index (χ2n) is 6.16. The van der Waals surface area contributed by atoms with Crippen LogP contribution in [0.2, 0.25) is 0 Å². The Hall–Kier alpha value is -2.06. The first-order valence-corrected chi connectivity index (χ1v) is 8.45. The van der Waals surface area contributed by atoms with Gasteiger partial charge < -0.3 is 4.90 Å². The van der Waals surface area contributed by atoms with Crippen molar-refractivity contribution < 1.29 is 0 Å². The van der Waals surface area contributed by atoms with Crippen LogP contribution < -0.4 is 4.90 Å². The Bertz CT molecular complexity index is 814. The van der Waals surface area contributed by atoms with Gasteiger partial charge in [-0.3, -0.25) is 0 Å². The van der Waals surface area contributed by atoms with Crippen molar-refractivity contribution in [1.29, 1.82) is 0 Å². The molecule has 0 unspecified atom stereocenters. The summed E-state index contributed by atoms with van der Waals surface area (Å²) >= 11 is 3.58. The van der Waals surface area contributed by atoms with Gasteiger partial charge in [0, 0.05) is 21.3 Å². The van der Waals surface area contributed by atoms with Gasteiger partial charge in [-0.2, -0.15) is 0 Å². The van der Waals surface area contributed by atoms with Gasteiger partial charge in [0.2, 0.25) is 0 Å². The van der Waals surface area contributed by atoms with Crippen LogP contribution in [0.5, 0.6) is 0 Å². The highest BCUT2D eigenvalue weighted by Gasteiger charge is 2.36. The lowest BCUT2D eigenvalue weighted by molar-refractivity contribution is 0.621. The van der Waals surface area contributed by atoms with E-state index in [9.17, 15) is 0 Å². The van der Waals surface area contributed by atoms with Crippen molar-refractivity contribution in [2.24, 2.45) is 0 Å². The normalized spacial score (nSPS) is 16.0. The van der Waals surface area contributed by atoms with Gasteiger partial charge in [-0.05, 0) is 41.5 Å². The van der Waals surface area contributed by atoms with Crippen molar-refractivity contribution in [3.8, 4) is 0 Å². The van der Waals surface area contributed by atoms with E-state index in [4.69, 9.17) is 0 Å². The van der Waals surface area contributed by atoms with Crippen LogP contribution in [0.1, 0.15) is 19.4 Å². The van der Waals surface area contributed by atoms with E-state index < -0.39 is 0 Å². The molecule has 0 saturated carbocycles. The highest BCUT2D eigenvalue weighted by atomic mass is 79.9. The summed E-state index contributed by atoms with van der Waals surface area (Å²) < 4.78 is 1.06. The van der Waals surface area contributed by atoms with E-state index in [-0.39, 0.29) is 5.41 Å². The Morgan fingerprint density at radius 2 is 1.74 bits per heavy atom. The molecular formula is C21H20BrN. The molecule has 3 rings (SSSR count). The summed E-state index contributed by atoms with van der Waals surface area (Å²) in [6.45, 7) is 12.6. The van der Waals surface area contributed by atoms with Crippen molar-refractivity contribution in [1.82, 2.24) is 0 Å². The van der Waals surface area contributed by atoms with Crippen LogP contribution in [0.25, 0.3) is 0 Å². The SMILES string of the molecule is C=CC1=C(C=C)C(C)(C)c2ccccc2N1c1cccc(Br)c1. The number of para-hydroxylation sites is 1. The van der Waals surface area contributed by atoms with Gasteiger partial charge in [-0.15, -0.1) is 0 Å². The molecule has 1 nitrogen and oxygen atoms in total. The molecule has 0 amide bonds. The lowest BCUT2D eigenvalue weighted by Gasteiger charge is -2.42. The Morgan fingerprint density at radius 1 is 1.00 bits per heavy atom. The van der Waals surface area contributed by atoms with Gasteiger partial charge in [0.05, 0.1) is 5.69 Å². The summed E-state index contributed by atoms with van der Waals surface area (Å²) in [6, 6.07) is 16.9. The Labute approximate surface area is 146 Å². The maximum Gasteiger partial charge on any atom is 0.0502 e. The van der Waals surface area contributed by atoms with Gasteiger partial charge in [0.1, 0.15) is 0 Å². The maximum absolute atomic E-state index is 4.06. The molecule has 0 fully saturated rings. The number of rotatable bonds is 3. The number of halogens is 1. The zero-order valence-electron chi connectivity index (χ0n) is 13.5. The Kier molecular flexibility index (Phi) is 4.03. The van der Waals surface area contributed by atoms with Gasteiger partial charge >= 0.3 is 0 Å². The van der Waals surface area contributed by atoms with Gasteiger partial charge in [0.15, 0.2) is 0 Å². The Balaban J connectivity index is 2.36. The molecule has 1 aliphatic heterocycles. The second-order valence-corrected chi connectivity index (χ2v) is 7.08. The van der Waals surface area contributed by atoms with Crippen LogP contribution in [-0.4, -0.2) is 0 Å². The Morgan fingerprint density at radius 3 is 2.39 bits per heavy atom. The molecule has 0 saturated heterocycles. The average Bonchev–Trinajstić information content (AvgIpc) is 2.54. The fourth-order valence-corrected chi connectivity index (χ4v) is 3.75. The third-order valence-corrected chi connectivity index (χ3v) is 4.97. The van der Waals surface area contributed by atoms with E-state index in [1.807, 2.05) is 18.2 Å². The maximum atomic E-state index is 4.06. The van der Waals surface area contributed by atoms with Crippen LogP contribution in [0, 0.1) is 0 Å². The second kappa shape index (κ2) is 5.86. The molecule has 0 radical (unpaired) electrons. The third-order valence-electron chi connectivity index (χ3n) is 4.47. The number of allylic oxidation sites excluding steroid dienone is 3. The molecule has 0 aliphatic carbocycles. The number of hydrogen-bond donors (Lipinski definition) is 0. The summed E-state index contributed by atoms with van der Waals surface area (Å²) in [4.78, 5) is 2.26. The molecule has 0 aromatic heterocycles. The van der Waals surface area contributed by atoms with E-state index >= 15 is 0 Å². The van der Waals surface area contributed by atoms with Crippen LogP contribution in [0.3, 0.4) is 0 Å². The lowest BCUT2D eigenvalue weighted by Crippen LogP contribution is -2.33. The minimum atomic E-state index is -0.107. The summed E-state index contributed by atoms with van der Waals surface area (Å²) in [7, 11) is 0. The number of anilines is 2. The summed E-state index contributed by atoms with van der Waals surface area (Å²) in [5.74, 6) is 0. The molecule has 2 aromatic rings. The van der Waals surface area contributed by atoms with Crippen LogP contribution in [-0.2, 0) is 5.41 Å². The van der Waals surface area contributed by atoms with Crippen molar-refractivity contribution >= 4 is 27.3 Å². The summed E-state index contributed by atoms with van der Waals surface area (Å²) in [5.41, 5.74) is 5.76. The molecule has 1 aliphatic rings. The monoisotopic (exact) mass is 365 g/mol. The van der Waals surface area contributed by atoms with Crippen LogP contribution in [0.15, 0.2) is 89.6 Å². The minimum Gasteiger partial charge on any atom is -0.310 e. The van der Waals surface area contributed by atoms with Gasteiger partial charge in [-0.1, -0.05) is 73.3 Å². The van der Waals surface area contributed by atoms with Crippen molar-refractivity contribution in [3.05, 3.63) is 95.1 Å². The van der Waals surface area contributed by atoms with E-state index in [1.165, 1.54) is 16.8 Å². The number of fused-ring (bicyclic) bond motifs is 1. The molecule has 23 heavy (non-hydrogen) atoms. The van der Waals surface area contributed by atoms with Crippen LogP contribution >= 0.6 is 15.9 Å². The average molecular weight is 366 g/mol. The fraction of sp³-hybridized carbons (Fsp3) is 0.143. The first-order chi connectivity index (χ1) is 11.0. The van der Waals surface area contributed by atoms with E-state index in [2.05, 4.69) is 90.3 Å². The van der Waals surface area contributed by atoms with Crippen molar-refractivity contribution in [2.45, 2.75) is 19.3 Å². The number of hydrogen-bond acceptors (Lipinski definition) is 1. The standard InChI is InChI=1S/C21H20BrN/c1-5-17-19(6-2)23(16-11-9-10-15(22)14-16)20-13-8-7-12-18(20)21(17,3)4/h5-14H,1-2H2,3-4H3. The van der Waals surface area contributed by atoms with Crippen molar-refractivity contribution in [2.75, 3.05) is 4.90 Å². The number of benzene rings is 2. The largest absolute Gasteiger partial charge is 0.310 e. The summed E-state index contributed by atoms with van der Waals surface area (Å²) in [5, 5.41) is 0. The van der Waals surface area contributed by atoms with Gasteiger partial charge in [0.25, 0.3) is 0 Å². The molecule has 2 heteroatoms. The highest BCUT2D eigenvalue weighted by Crippen LogP contribution is 2.48. The molecule has 2 aromatic carbocycles. The first kappa shape index (κ1) is 15.8. The first-order valence-electron chi connectivity index (χ1n) is 7.65. The van der Waals surface area contributed by atoms with E-state index in [0.717, 1.165) is 15.9 Å². The molecule has 0 spiro atoms. The fourth-order valence-electron chi connectivity index (χ4n) is 3.37. The minimum absolute atomic E-state index is 0.107. The quantitative estimate of drug-likeness (QED) is 0.599. The molecule has 0 atom stereocenters. The highest BCUT2D eigenvalue weighted by molar-refractivity contribution is 9.10. The van der Waals surface area contributed by atoms with Gasteiger partial charge in [-0.25, -0.2) is 0 Å². The van der Waals surface area contributed by atoms with Crippen LogP contribution in [0.4, 0.5) is 11.4 Å². The predicted octanol–water partition coefficient (Wildman–Crippen LogP) is 6.50.